The van der Waals surface area contributed by atoms with Crippen LogP contribution in [0.1, 0.15) is 12.5 Å². The van der Waals surface area contributed by atoms with Gasteiger partial charge in [0.25, 0.3) is 5.56 Å². The Hall–Kier alpha value is -1.79. The van der Waals surface area contributed by atoms with Crippen molar-refractivity contribution in [1.82, 2.24) is 9.47 Å². The maximum absolute atomic E-state index is 12.5. The third-order valence-corrected chi connectivity index (χ3v) is 2.53. The number of aromatic nitrogens is 1. The number of hydrogen-bond donors (Lipinski definition) is 0. The topological polar surface area (TPSA) is 42.3 Å². The number of carbonyl (C=O) groups excluding carboxylic acids is 1. The van der Waals surface area contributed by atoms with Crippen molar-refractivity contribution in [2.75, 3.05) is 13.6 Å². The zero-order valence-corrected chi connectivity index (χ0v) is 9.99. The minimum Gasteiger partial charge on any atom is -0.344 e. The lowest BCUT2D eigenvalue weighted by Crippen LogP contribution is -2.35. The monoisotopic (exact) mass is 262 g/mol. The van der Waals surface area contributed by atoms with Gasteiger partial charge in [-0.05, 0) is 19.1 Å². The molecule has 18 heavy (non-hydrogen) atoms. The van der Waals surface area contributed by atoms with E-state index in [-0.39, 0.29) is 0 Å². The molecule has 1 aromatic rings. The molecule has 1 rings (SSSR count). The largest absolute Gasteiger partial charge is 0.421 e. The minimum atomic E-state index is -4.71. The molecule has 0 aliphatic carbocycles. The average Bonchev–Trinajstić information content (AvgIpc) is 2.29. The Labute approximate surface area is 102 Å². The zero-order valence-electron chi connectivity index (χ0n) is 9.99. The van der Waals surface area contributed by atoms with Crippen molar-refractivity contribution in [3.8, 4) is 0 Å². The lowest BCUT2D eigenvalue weighted by Gasteiger charge is -2.16. The van der Waals surface area contributed by atoms with Crippen molar-refractivity contribution in [3.05, 3.63) is 34.2 Å². The van der Waals surface area contributed by atoms with E-state index < -0.39 is 29.8 Å². The van der Waals surface area contributed by atoms with Crippen LogP contribution in [-0.4, -0.2) is 29.0 Å². The van der Waals surface area contributed by atoms with Crippen molar-refractivity contribution >= 4 is 5.91 Å². The summed E-state index contributed by atoms with van der Waals surface area (Å²) in [5.74, 6) is -0.418. The molecule has 0 radical (unpaired) electrons. The normalized spacial score (nSPS) is 11.4. The molecule has 0 N–H and O–H groups in total. The van der Waals surface area contributed by atoms with Crippen molar-refractivity contribution in [3.63, 3.8) is 0 Å². The molecule has 100 valence electrons. The van der Waals surface area contributed by atoms with Gasteiger partial charge in [-0.25, -0.2) is 0 Å². The Balaban J connectivity index is 3.06. The summed E-state index contributed by atoms with van der Waals surface area (Å²) in [4.78, 5) is 24.4. The number of likely N-dealkylation sites (N-methyl/N-ethyl adjacent to an activating group) is 1. The highest BCUT2D eigenvalue weighted by Crippen LogP contribution is 2.25. The summed E-state index contributed by atoms with van der Waals surface area (Å²) in [7, 11) is 1.51. The molecule has 0 aliphatic rings. The summed E-state index contributed by atoms with van der Waals surface area (Å²) >= 11 is 0. The molecule has 1 aromatic heterocycles. The van der Waals surface area contributed by atoms with Gasteiger partial charge in [0.15, 0.2) is 0 Å². The molecular formula is C11H13F3N2O2. The third-order valence-electron chi connectivity index (χ3n) is 2.53. The molecule has 7 heteroatoms. The second-order valence-electron chi connectivity index (χ2n) is 3.76. The maximum atomic E-state index is 12.5. The lowest BCUT2D eigenvalue weighted by molar-refractivity contribution is -0.139. The number of alkyl halides is 3. The molecular weight excluding hydrogens is 249 g/mol. The van der Waals surface area contributed by atoms with E-state index >= 15 is 0 Å². The van der Waals surface area contributed by atoms with E-state index in [4.69, 9.17) is 0 Å². The molecule has 0 atom stereocenters. The third kappa shape index (κ3) is 3.12. The van der Waals surface area contributed by atoms with Crippen LogP contribution in [0.4, 0.5) is 13.2 Å². The predicted molar refractivity (Wildman–Crippen MR) is 59.0 cm³/mol. The van der Waals surface area contributed by atoms with Crippen LogP contribution in [-0.2, 0) is 17.5 Å². The van der Waals surface area contributed by atoms with Gasteiger partial charge in [0.2, 0.25) is 5.91 Å². The highest BCUT2D eigenvalue weighted by molar-refractivity contribution is 5.75. The van der Waals surface area contributed by atoms with Crippen LogP contribution in [0.5, 0.6) is 0 Å². The fraction of sp³-hybridized carbons (Fsp3) is 0.455. The number of halogens is 3. The Kier molecular flexibility index (Phi) is 4.15. The first kappa shape index (κ1) is 14.3. The van der Waals surface area contributed by atoms with Gasteiger partial charge in [0.05, 0.1) is 0 Å². The molecule has 0 saturated carbocycles. The van der Waals surface area contributed by atoms with Crippen LogP contribution >= 0.6 is 0 Å². The van der Waals surface area contributed by atoms with Gasteiger partial charge < -0.3 is 9.47 Å². The zero-order chi connectivity index (χ0) is 13.9. The molecule has 0 aliphatic heterocycles. The van der Waals surface area contributed by atoms with Crippen molar-refractivity contribution in [2.24, 2.45) is 0 Å². The van der Waals surface area contributed by atoms with E-state index in [9.17, 15) is 22.8 Å². The first-order valence-electron chi connectivity index (χ1n) is 5.28. The van der Waals surface area contributed by atoms with Gasteiger partial charge >= 0.3 is 6.18 Å². The second kappa shape index (κ2) is 5.24. The quantitative estimate of drug-likeness (QED) is 0.825. The summed E-state index contributed by atoms with van der Waals surface area (Å²) in [6, 6.07) is 1.80. The standard InChI is InChI=1S/C11H13F3N2O2/c1-3-15(2)9(17)7-16-6-4-5-8(10(16)18)11(12,13)14/h4-6H,3,7H2,1-2H3. The Morgan fingerprint density at radius 1 is 1.44 bits per heavy atom. The Bertz CT molecular complexity index is 494. The van der Waals surface area contributed by atoms with E-state index in [0.717, 1.165) is 10.6 Å². The highest BCUT2D eigenvalue weighted by atomic mass is 19.4. The number of carbonyl (C=O) groups is 1. The van der Waals surface area contributed by atoms with Gasteiger partial charge in [0, 0.05) is 19.8 Å². The molecule has 0 fully saturated rings. The van der Waals surface area contributed by atoms with Gasteiger partial charge in [0.1, 0.15) is 12.1 Å². The molecule has 0 aromatic carbocycles. The van der Waals surface area contributed by atoms with Crippen molar-refractivity contribution in [1.29, 1.82) is 0 Å². The SMILES string of the molecule is CCN(C)C(=O)Cn1cccc(C(F)(F)F)c1=O. The molecule has 1 amide bonds. The van der Waals surface area contributed by atoms with Crippen LogP contribution < -0.4 is 5.56 Å². The van der Waals surface area contributed by atoms with E-state index in [2.05, 4.69) is 0 Å². The lowest BCUT2D eigenvalue weighted by atomic mass is 10.2. The smallest absolute Gasteiger partial charge is 0.344 e. The summed E-state index contributed by atoms with van der Waals surface area (Å²) in [6.45, 7) is 1.76. The molecule has 4 nitrogen and oxygen atoms in total. The fourth-order valence-corrected chi connectivity index (χ4v) is 1.32. The van der Waals surface area contributed by atoms with Crippen LogP contribution in [0, 0.1) is 0 Å². The summed E-state index contributed by atoms with van der Waals surface area (Å²) in [5, 5.41) is 0. The number of amides is 1. The first-order chi connectivity index (χ1) is 8.27. The molecule has 1 heterocycles. The molecule has 0 unspecified atom stereocenters. The number of pyridine rings is 1. The van der Waals surface area contributed by atoms with Crippen LogP contribution in [0.25, 0.3) is 0 Å². The summed E-state index contributed by atoms with van der Waals surface area (Å²) in [6.07, 6.45) is -3.54. The van der Waals surface area contributed by atoms with Gasteiger partial charge in [-0.2, -0.15) is 13.2 Å². The molecule has 0 saturated heterocycles. The molecule has 0 spiro atoms. The number of rotatable bonds is 3. The average molecular weight is 262 g/mol. The van der Waals surface area contributed by atoms with E-state index in [1.54, 1.807) is 6.92 Å². The number of hydrogen-bond acceptors (Lipinski definition) is 2. The van der Waals surface area contributed by atoms with Crippen molar-refractivity contribution < 1.29 is 18.0 Å². The Morgan fingerprint density at radius 3 is 2.56 bits per heavy atom. The van der Waals surface area contributed by atoms with Crippen LogP contribution in [0.3, 0.4) is 0 Å². The van der Waals surface area contributed by atoms with Gasteiger partial charge in [-0.1, -0.05) is 0 Å². The Morgan fingerprint density at radius 2 is 2.06 bits per heavy atom. The van der Waals surface area contributed by atoms with Crippen LogP contribution in [0.2, 0.25) is 0 Å². The fourth-order valence-electron chi connectivity index (χ4n) is 1.32. The maximum Gasteiger partial charge on any atom is 0.421 e. The predicted octanol–water partition coefficient (Wildman–Crippen LogP) is 1.35. The highest BCUT2D eigenvalue weighted by Gasteiger charge is 2.34. The summed E-state index contributed by atoms with van der Waals surface area (Å²) in [5.41, 5.74) is -2.47. The van der Waals surface area contributed by atoms with Crippen molar-refractivity contribution in [2.45, 2.75) is 19.6 Å². The minimum absolute atomic E-state index is 0.396. The van der Waals surface area contributed by atoms with E-state index in [1.165, 1.54) is 18.1 Å². The van der Waals surface area contributed by atoms with E-state index in [1.807, 2.05) is 0 Å². The second-order valence-corrected chi connectivity index (χ2v) is 3.76. The van der Waals surface area contributed by atoms with Gasteiger partial charge in [-0.15, -0.1) is 0 Å². The number of nitrogens with zero attached hydrogens (tertiary/aromatic N) is 2. The van der Waals surface area contributed by atoms with E-state index in [0.29, 0.717) is 12.6 Å². The first-order valence-corrected chi connectivity index (χ1v) is 5.28. The van der Waals surface area contributed by atoms with Crippen LogP contribution in [0.15, 0.2) is 23.1 Å². The summed E-state index contributed by atoms with van der Waals surface area (Å²) < 4.78 is 38.2. The van der Waals surface area contributed by atoms with Gasteiger partial charge in [-0.3, -0.25) is 9.59 Å². The molecule has 0 bridgehead atoms.